The van der Waals surface area contributed by atoms with Crippen molar-refractivity contribution >= 4 is 15.7 Å². The first-order valence-electron chi connectivity index (χ1n) is 6.21. The lowest BCUT2D eigenvalue weighted by molar-refractivity contribution is -0.122. The summed E-state index contributed by atoms with van der Waals surface area (Å²) in [5.41, 5.74) is 1.11. The van der Waals surface area contributed by atoms with E-state index in [1.807, 2.05) is 19.1 Å². The van der Waals surface area contributed by atoms with Crippen molar-refractivity contribution in [2.75, 3.05) is 11.5 Å². The number of hydrogen-bond donors (Lipinski definition) is 1. The maximum Gasteiger partial charge on any atom is 0.226 e. The van der Waals surface area contributed by atoms with Crippen LogP contribution in [0.15, 0.2) is 18.3 Å². The first kappa shape index (κ1) is 14.0. The number of aryl methyl sites for hydroxylation is 1. The molecular weight excluding hydrogens is 264 g/mol. The second kappa shape index (κ2) is 4.92. The van der Waals surface area contributed by atoms with E-state index < -0.39 is 15.4 Å². The molecule has 0 aliphatic carbocycles. The Hall–Kier alpha value is -1.43. The number of sulfone groups is 1. The van der Waals surface area contributed by atoms with E-state index in [1.54, 1.807) is 13.1 Å². The number of nitrogens with zero attached hydrogens (tertiary/aromatic N) is 1. The van der Waals surface area contributed by atoms with Gasteiger partial charge in [-0.3, -0.25) is 9.78 Å². The highest BCUT2D eigenvalue weighted by molar-refractivity contribution is 7.91. The van der Waals surface area contributed by atoms with E-state index >= 15 is 0 Å². The fourth-order valence-corrected chi connectivity index (χ4v) is 4.44. The summed E-state index contributed by atoms with van der Waals surface area (Å²) < 4.78 is 22.9. The van der Waals surface area contributed by atoms with E-state index in [-0.39, 0.29) is 23.8 Å². The molecule has 0 unspecified atom stereocenters. The molecule has 0 saturated carbocycles. The highest BCUT2D eigenvalue weighted by Crippen LogP contribution is 2.22. The molecule has 1 aliphatic heterocycles. The first-order chi connectivity index (χ1) is 8.78. The smallest absolute Gasteiger partial charge is 0.226 e. The minimum atomic E-state index is -3.01. The molecule has 5 nitrogen and oxygen atoms in total. The van der Waals surface area contributed by atoms with Crippen LogP contribution in [0, 0.1) is 6.92 Å². The molecular formula is C13H18N2O3S. The predicted molar refractivity (Wildman–Crippen MR) is 72.5 cm³/mol. The summed E-state index contributed by atoms with van der Waals surface area (Å²) in [7, 11) is -3.01. The van der Waals surface area contributed by atoms with Gasteiger partial charge in [0.25, 0.3) is 0 Å². The number of nitrogens with one attached hydrogen (secondary N) is 1. The minimum absolute atomic E-state index is 0.0208. The topological polar surface area (TPSA) is 76.1 Å². The summed E-state index contributed by atoms with van der Waals surface area (Å²) in [4.78, 5) is 16.1. The summed E-state index contributed by atoms with van der Waals surface area (Å²) in [6, 6.07) is 3.72. The molecule has 0 radical (unpaired) electrons. The summed E-state index contributed by atoms with van der Waals surface area (Å²) >= 11 is 0. The molecule has 1 amide bonds. The highest BCUT2D eigenvalue weighted by atomic mass is 32.2. The largest absolute Gasteiger partial charge is 0.350 e. The van der Waals surface area contributed by atoms with Crippen molar-refractivity contribution in [3.63, 3.8) is 0 Å². The Bertz CT molecular complexity index is 598. The fourth-order valence-electron chi connectivity index (χ4n) is 2.35. The normalized spacial score (nSPS) is 25.2. The minimum Gasteiger partial charge on any atom is -0.350 e. The van der Waals surface area contributed by atoms with Gasteiger partial charge in [0.15, 0.2) is 9.84 Å². The summed E-state index contributed by atoms with van der Waals surface area (Å²) in [6.07, 6.45) is 2.32. The molecule has 1 aromatic heterocycles. The van der Waals surface area contributed by atoms with Crippen molar-refractivity contribution in [3.05, 3.63) is 29.6 Å². The van der Waals surface area contributed by atoms with Crippen LogP contribution < -0.4 is 5.32 Å². The van der Waals surface area contributed by atoms with Crippen molar-refractivity contribution in [3.8, 4) is 0 Å². The van der Waals surface area contributed by atoms with Gasteiger partial charge in [-0.2, -0.15) is 0 Å². The van der Waals surface area contributed by atoms with E-state index in [9.17, 15) is 13.2 Å². The second-order valence-electron chi connectivity index (χ2n) is 5.45. The Kier molecular flexibility index (Phi) is 3.62. The zero-order valence-corrected chi connectivity index (χ0v) is 12.0. The van der Waals surface area contributed by atoms with Crippen molar-refractivity contribution in [1.29, 1.82) is 0 Å². The van der Waals surface area contributed by atoms with Crippen LogP contribution in [0.2, 0.25) is 0 Å². The number of amides is 1. The third-order valence-corrected chi connectivity index (χ3v) is 5.16. The molecule has 1 N–H and O–H groups in total. The SMILES string of the molecule is Cc1ccnc(CC(=O)N[C@@]2(C)CCS(=O)(=O)C2)c1. The molecule has 0 bridgehead atoms. The van der Waals surface area contributed by atoms with Gasteiger partial charge in [-0.15, -0.1) is 0 Å². The molecule has 6 heteroatoms. The van der Waals surface area contributed by atoms with Gasteiger partial charge in [0.05, 0.1) is 23.5 Å². The zero-order chi connectivity index (χ0) is 14.1. The average Bonchev–Trinajstić information content (AvgIpc) is 2.52. The van der Waals surface area contributed by atoms with E-state index in [0.29, 0.717) is 12.1 Å². The number of rotatable bonds is 3. The van der Waals surface area contributed by atoms with Crippen LogP contribution in [0.25, 0.3) is 0 Å². The van der Waals surface area contributed by atoms with Gasteiger partial charge in [-0.1, -0.05) is 0 Å². The molecule has 0 aromatic carbocycles. The molecule has 104 valence electrons. The summed E-state index contributed by atoms with van der Waals surface area (Å²) in [5.74, 6) is -0.0166. The van der Waals surface area contributed by atoms with Crippen LogP contribution in [0.3, 0.4) is 0 Å². The Morgan fingerprint density at radius 3 is 2.84 bits per heavy atom. The van der Waals surface area contributed by atoms with Gasteiger partial charge < -0.3 is 5.32 Å². The second-order valence-corrected chi connectivity index (χ2v) is 7.64. The number of hydrogen-bond acceptors (Lipinski definition) is 4. The lowest BCUT2D eigenvalue weighted by Crippen LogP contribution is -2.47. The Balaban J connectivity index is 1.99. The first-order valence-corrected chi connectivity index (χ1v) is 8.03. The lowest BCUT2D eigenvalue weighted by atomic mass is 10.0. The van der Waals surface area contributed by atoms with Crippen LogP contribution in [-0.2, 0) is 21.1 Å². The van der Waals surface area contributed by atoms with Crippen molar-refractivity contribution < 1.29 is 13.2 Å². The maximum absolute atomic E-state index is 12.0. The molecule has 2 heterocycles. The van der Waals surface area contributed by atoms with Crippen LogP contribution in [-0.4, -0.2) is 36.4 Å². The molecule has 1 aliphatic rings. The van der Waals surface area contributed by atoms with E-state index in [0.717, 1.165) is 5.56 Å². The third kappa shape index (κ3) is 3.76. The van der Waals surface area contributed by atoms with Gasteiger partial charge in [0, 0.05) is 11.9 Å². The number of carbonyl (C=O) groups is 1. The molecule has 0 spiro atoms. The Labute approximate surface area is 113 Å². The number of pyridine rings is 1. The van der Waals surface area contributed by atoms with Gasteiger partial charge in [0.1, 0.15) is 0 Å². The standard InChI is InChI=1S/C13H18N2O3S/c1-10-3-5-14-11(7-10)8-12(16)15-13(2)4-6-19(17,18)9-13/h3,5,7H,4,6,8-9H2,1-2H3,(H,15,16)/t13-/m0/s1. The fraction of sp³-hybridized carbons (Fsp3) is 0.538. The number of carbonyl (C=O) groups excluding carboxylic acids is 1. The van der Waals surface area contributed by atoms with Gasteiger partial charge >= 0.3 is 0 Å². The van der Waals surface area contributed by atoms with Crippen molar-refractivity contribution in [1.82, 2.24) is 10.3 Å². The van der Waals surface area contributed by atoms with Gasteiger partial charge in [-0.25, -0.2) is 8.42 Å². The predicted octanol–water partition coefficient (Wildman–Crippen LogP) is 0.626. The molecule has 1 atom stereocenters. The third-order valence-electron chi connectivity index (χ3n) is 3.26. The summed E-state index contributed by atoms with van der Waals surface area (Å²) in [6.45, 7) is 3.72. The summed E-state index contributed by atoms with van der Waals surface area (Å²) in [5, 5.41) is 2.82. The van der Waals surface area contributed by atoms with Crippen LogP contribution in [0.4, 0.5) is 0 Å². The van der Waals surface area contributed by atoms with E-state index in [2.05, 4.69) is 10.3 Å². The molecule has 1 saturated heterocycles. The van der Waals surface area contributed by atoms with Crippen LogP contribution in [0.5, 0.6) is 0 Å². The zero-order valence-electron chi connectivity index (χ0n) is 11.1. The molecule has 2 rings (SSSR count). The molecule has 1 fully saturated rings. The van der Waals surface area contributed by atoms with E-state index in [1.165, 1.54) is 0 Å². The quantitative estimate of drug-likeness (QED) is 0.882. The van der Waals surface area contributed by atoms with E-state index in [4.69, 9.17) is 0 Å². The number of aromatic nitrogens is 1. The van der Waals surface area contributed by atoms with Gasteiger partial charge in [-0.05, 0) is 38.0 Å². The van der Waals surface area contributed by atoms with Crippen LogP contribution in [0.1, 0.15) is 24.6 Å². The maximum atomic E-state index is 12.0. The monoisotopic (exact) mass is 282 g/mol. The van der Waals surface area contributed by atoms with Gasteiger partial charge in [0.2, 0.25) is 5.91 Å². The highest BCUT2D eigenvalue weighted by Gasteiger charge is 2.39. The van der Waals surface area contributed by atoms with Crippen LogP contribution >= 0.6 is 0 Å². The molecule has 1 aromatic rings. The average molecular weight is 282 g/mol. The lowest BCUT2D eigenvalue weighted by Gasteiger charge is -2.23. The van der Waals surface area contributed by atoms with Crippen molar-refractivity contribution in [2.24, 2.45) is 0 Å². The Morgan fingerprint density at radius 2 is 2.26 bits per heavy atom. The van der Waals surface area contributed by atoms with Crippen molar-refractivity contribution in [2.45, 2.75) is 32.2 Å². The Morgan fingerprint density at radius 1 is 1.53 bits per heavy atom. The molecule has 19 heavy (non-hydrogen) atoms.